The third-order valence-electron chi connectivity index (χ3n) is 6.99. The van der Waals surface area contributed by atoms with Crippen molar-refractivity contribution in [3.8, 4) is 0 Å². The molecule has 1 saturated carbocycles. The third kappa shape index (κ3) is 4.00. The van der Waals surface area contributed by atoms with Gasteiger partial charge >= 0.3 is 6.03 Å². The molecule has 0 radical (unpaired) electrons. The van der Waals surface area contributed by atoms with Crippen LogP contribution in [-0.4, -0.2) is 54.1 Å². The molecular formula is C23H34N4O2. The summed E-state index contributed by atoms with van der Waals surface area (Å²) in [5, 5.41) is 3.04. The molecule has 158 valence electrons. The van der Waals surface area contributed by atoms with Crippen LogP contribution in [-0.2, 0) is 11.3 Å². The Bertz CT molecular complexity index is 744. The number of nitrogens with one attached hydrogen (secondary N) is 1. The van der Waals surface area contributed by atoms with Gasteiger partial charge in [-0.3, -0.25) is 9.69 Å². The normalized spacial score (nSPS) is 27.8. The van der Waals surface area contributed by atoms with Gasteiger partial charge in [-0.05, 0) is 62.8 Å². The van der Waals surface area contributed by atoms with Gasteiger partial charge in [0.05, 0.1) is 6.67 Å². The van der Waals surface area contributed by atoms with Crippen molar-refractivity contribution in [3.05, 3.63) is 29.8 Å². The summed E-state index contributed by atoms with van der Waals surface area (Å²) in [5.74, 6) is 0.160. The molecule has 1 aromatic carbocycles. The van der Waals surface area contributed by atoms with E-state index >= 15 is 0 Å². The molecule has 6 heteroatoms. The number of hydrogen-bond donors (Lipinski definition) is 1. The Morgan fingerprint density at radius 3 is 2.48 bits per heavy atom. The van der Waals surface area contributed by atoms with Crippen molar-refractivity contribution in [3.63, 3.8) is 0 Å². The SMILES string of the molecule is C[C@@H]1CCCC[C@]12NC(=O)N(CN(C)Cc1ccc(N3CCCCC3)cc1)C2=O. The first kappa shape index (κ1) is 20.2. The number of benzene rings is 1. The summed E-state index contributed by atoms with van der Waals surface area (Å²) >= 11 is 0. The maximum Gasteiger partial charge on any atom is 0.326 e. The van der Waals surface area contributed by atoms with E-state index in [4.69, 9.17) is 0 Å². The summed E-state index contributed by atoms with van der Waals surface area (Å²) in [7, 11) is 1.97. The molecule has 2 atom stereocenters. The van der Waals surface area contributed by atoms with Crippen LogP contribution >= 0.6 is 0 Å². The minimum atomic E-state index is -0.674. The number of anilines is 1. The number of piperidine rings is 1. The van der Waals surface area contributed by atoms with Gasteiger partial charge in [0.1, 0.15) is 5.54 Å². The molecule has 3 aliphatic rings. The van der Waals surface area contributed by atoms with Crippen molar-refractivity contribution >= 4 is 17.6 Å². The largest absolute Gasteiger partial charge is 0.372 e. The van der Waals surface area contributed by atoms with Crippen molar-refractivity contribution in [2.45, 2.75) is 64.0 Å². The molecular weight excluding hydrogens is 364 g/mol. The Balaban J connectivity index is 1.36. The average molecular weight is 399 g/mol. The van der Waals surface area contributed by atoms with Gasteiger partial charge in [-0.15, -0.1) is 0 Å². The monoisotopic (exact) mass is 398 g/mol. The zero-order valence-corrected chi connectivity index (χ0v) is 17.8. The highest BCUT2D eigenvalue weighted by atomic mass is 16.2. The number of urea groups is 1. The Hall–Kier alpha value is -2.08. The van der Waals surface area contributed by atoms with E-state index < -0.39 is 5.54 Å². The van der Waals surface area contributed by atoms with Crippen LogP contribution in [0.25, 0.3) is 0 Å². The van der Waals surface area contributed by atoms with E-state index in [1.807, 2.05) is 11.9 Å². The molecule has 6 nitrogen and oxygen atoms in total. The predicted molar refractivity (Wildman–Crippen MR) is 115 cm³/mol. The number of nitrogens with zero attached hydrogens (tertiary/aromatic N) is 3. The lowest BCUT2D eigenvalue weighted by atomic mass is 9.73. The maximum absolute atomic E-state index is 13.1. The van der Waals surface area contributed by atoms with Crippen molar-refractivity contribution in [2.24, 2.45) is 5.92 Å². The number of rotatable bonds is 5. The average Bonchev–Trinajstić information content (AvgIpc) is 2.96. The van der Waals surface area contributed by atoms with Crippen LogP contribution in [0.1, 0.15) is 57.4 Å². The van der Waals surface area contributed by atoms with Crippen LogP contribution in [0.15, 0.2) is 24.3 Å². The van der Waals surface area contributed by atoms with Crippen LogP contribution in [0, 0.1) is 5.92 Å². The van der Waals surface area contributed by atoms with Gasteiger partial charge in [0.25, 0.3) is 5.91 Å². The zero-order valence-electron chi connectivity index (χ0n) is 17.8. The van der Waals surface area contributed by atoms with E-state index in [0.717, 1.165) is 38.8 Å². The summed E-state index contributed by atoms with van der Waals surface area (Å²) < 4.78 is 0. The van der Waals surface area contributed by atoms with Gasteiger partial charge in [0.2, 0.25) is 0 Å². The second kappa shape index (κ2) is 8.34. The highest BCUT2D eigenvalue weighted by Crippen LogP contribution is 2.38. The van der Waals surface area contributed by atoms with Gasteiger partial charge in [0, 0.05) is 25.3 Å². The lowest BCUT2D eigenvalue weighted by Gasteiger charge is -2.37. The molecule has 2 heterocycles. The number of amides is 3. The molecule has 1 N–H and O–H groups in total. The molecule has 2 saturated heterocycles. The van der Waals surface area contributed by atoms with Gasteiger partial charge in [0.15, 0.2) is 0 Å². The lowest BCUT2D eigenvalue weighted by Crippen LogP contribution is -2.54. The summed E-state index contributed by atoms with van der Waals surface area (Å²) in [6.07, 6.45) is 7.79. The summed E-state index contributed by atoms with van der Waals surface area (Å²) in [4.78, 5) is 31.6. The van der Waals surface area contributed by atoms with E-state index in [-0.39, 0.29) is 17.9 Å². The fourth-order valence-electron chi connectivity index (χ4n) is 5.19. The topological polar surface area (TPSA) is 55.9 Å². The quantitative estimate of drug-likeness (QED) is 0.771. The maximum atomic E-state index is 13.1. The standard InChI is InChI=1S/C23H34N4O2/c1-18-8-4-5-13-23(18)21(28)27(22(29)24-23)17-25(2)16-19-9-11-20(12-10-19)26-14-6-3-7-15-26/h9-12,18H,3-8,13-17H2,1-2H3,(H,24,29)/t18-,23+/m1/s1. The van der Waals surface area contributed by atoms with E-state index in [2.05, 4.69) is 41.4 Å². The molecule has 3 amide bonds. The predicted octanol–water partition coefficient (Wildman–Crippen LogP) is 3.57. The first-order valence-electron chi connectivity index (χ1n) is 11.2. The van der Waals surface area contributed by atoms with Crippen LogP contribution in [0.4, 0.5) is 10.5 Å². The summed E-state index contributed by atoms with van der Waals surface area (Å²) in [5.41, 5.74) is 1.81. The molecule has 1 aliphatic carbocycles. The van der Waals surface area contributed by atoms with Crippen molar-refractivity contribution in [1.82, 2.24) is 15.1 Å². The van der Waals surface area contributed by atoms with Crippen molar-refractivity contribution in [1.29, 1.82) is 0 Å². The van der Waals surface area contributed by atoms with Crippen molar-refractivity contribution < 1.29 is 9.59 Å². The Labute approximate surface area is 174 Å². The van der Waals surface area contributed by atoms with Crippen LogP contribution in [0.5, 0.6) is 0 Å². The smallest absolute Gasteiger partial charge is 0.326 e. The highest BCUT2D eigenvalue weighted by molar-refractivity contribution is 6.07. The number of carbonyl (C=O) groups excluding carboxylic acids is 2. The van der Waals surface area contributed by atoms with E-state index in [1.54, 1.807) is 0 Å². The number of hydrogen-bond acceptors (Lipinski definition) is 4. The zero-order chi connectivity index (χ0) is 20.4. The molecule has 2 aliphatic heterocycles. The fraction of sp³-hybridized carbons (Fsp3) is 0.652. The lowest BCUT2D eigenvalue weighted by molar-refractivity contribution is -0.135. The van der Waals surface area contributed by atoms with Crippen molar-refractivity contribution in [2.75, 3.05) is 31.7 Å². The molecule has 3 fully saturated rings. The van der Waals surface area contributed by atoms with Gasteiger partial charge in [-0.1, -0.05) is 31.9 Å². The Morgan fingerprint density at radius 2 is 1.79 bits per heavy atom. The Kier molecular flexibility index (Phi) is 5.81. The molecule has 1 aromatic rings. The van der Waals surface area contributed by atoms with E-state index in [0.29, 0.717) is 13.2 Å². The summed E-state index contributed by atoms with van der Waals surface area (Å²) in [6, 6.07) is 8.48. The van der Waals surface area contributed by atoms with Crippen LogP contribution in [0.2, 0.25) is 0 Å². The molecule has 29 heavy (non-hydrogen) atoms. The van der Waals surface area contributed by atoms with E-state index in [1.165, 1.54) is 35.4 Å². The first-order valence-corrected chi connectivity index (χ1v) is 11.2. The highest BCUT2D eigenvalue weighted by Gasteiger charge is 2.54. The summed E-state index contributed by atoms with van der Waals surface area (Å²) in [6.45, 7) is 5.42. The molecule has 0 aromatic heterocycles. The van der Waals surface area contributed by atoms with Gasteiger partial charge < -0.3 is 10.2 Å². The van der Waals surface area contributed by atoms with E-state index in [9.17, 15) is 9.59 Å². The van der Waals surface area contributed by atoms with Crippen LogP contribution in [0.3, 0.4) is 0 Å². The second-order valence-corrected chi connectivity index (χ2v) is 9.15. The minimum absolute atomic E-state index is 0.0398. The molecule has 0 unspecified atom stereocenters. The second-order valence-electron chi connectivity index (χ2n) is 9.15. The van der Waals surface area contributed by atoms with Gasteiger partial charge in [-0.2, -0.15) is 0 Å². The molecule has 1 spiro atoms. The Morgan fingerprint density at radius 1 is 1.07 bits per heavy atom. The fourth-order valence-corrected chi connectivity index (χ4v) is 5.19. The molecule has 0 bridgehead atoms. The van der Waals surface area contributed by atoms with Crippen LogP contribution < -0.4 is 10.2 Å². The number of imide groups is 1. The third-order valence-corrected chi connectivity index (χ3v) is 6.99. The number of carbonyl (C=O) groups is 2. The minimum Gasteiger partial charge on any atom is -0.372 e. The first-order chi connectivity index (χ1) is 14.0. The molecule has 4 rings (SSSR count). The van der Waals surface area contributed by atoms with Gasteiger partial charge in [-0.25, -0.2) is 9.69 Å².